The predicted octanol–water partition coefficient (Wildman–Crippen LogP) is -2.24. The van der Waals surface area contributed by atoms with Crippen molar-refractivity contribution in [3.05, 3.63) is 14.9 Å². The third-order valence-corrected chi connectivity index (χ3v) is 2.24. The van der Waals surface area contributed by atoms with Crippen LogP contribution in [-0.4, -0.2) is 4.89 Å². The fourth-order valence-corrected chi connectivity index (χ4v) is 1.39. The van der Waals surface area contributed by atoms with E-state index in [4.69, 9.17) is 4.89 Å². The van der Waals surface area contributed by atoms with Gasteiger partial charge in [0.1, 0.15) is 0 Å². The van der Waals surface area contributed by atoms with Crippen molar-refractivity contribution in [2.24, 2.45) is 0 Å². The van der Waals surface area contributed by atoms with Gasteiger partial charge in [-0.15, -0.1) is 0 Å². The summed E-state index contributed by atoms with van der Waals surface area (Å²) in [5.74, 6) is 0. The Balaban J connectivity index is -0.0000000533. The third-order valence-electron chi connectivity index (χ3n) is 0.249. The molecule has 0 aliphatic rings. The summed E-state index contributed by atoms with van der Waals surface area (Å²) in [5, 5.41) is 0. The van der Waals surface area contributed by atoms with E-state index in [2.05, 4.69) is 0 Å². The first-order chi connectivity index (χ1) is 3.71. The van der Waals surface area contributed by atoms with Crippen molar-refractivity contribution in [3.63, 3.8) is 0 Å². The molecule has 0 aliphatic heterocycles. The quantitative estimate of drug-likeness (QED) is 0.407. The Hall–Kier alpha value is 2.21. The Bertz CT molecular complexity index is 167. The largest absolute Gasteiger partial charge is 0.799 e. The maximum atomic E-state index is 9.55. The number of hydrogen-bond acceptors (Lipinski definition) is 5. The molecule has 0 rings (SSSR count). The Morgan fingerprint density at radius 3 is 1.23 bits per heavy atom. The second-order valence-electron chi connectivity index (χ2n) is 1.12. The minimum Gasteiger partial charge on any atom is -0.799 e. The molecule has 2 radical (unpaired) electrons. The van der Waals surface area contributed by atoms with Crippen LogP contribution >= 0.6 is 15.5 Å². The number of nitrogens with one attached hydrogen (secondary N) is 1. The van der Waals surface area contributed by atoms with Crippen LogP contribution in [0.25, 0.3) is 0 Å². The van der Waals surface area contributed by atoms with Gasteiger partial charge in [-0.3, -0.25) is 4.57 Å². The summed E-state index contributed by atoms with van der Waals surface area (Å²) in [7, 11) is -10.5. The molecule has 0 fully saturated rings. The Morgan fingerprint density at radius 2 is 1.23 bits per heavy atom. The predicted molar refractivity (Wildman–Crippen MR) is 33.4 cm³/mol. The molecule has 0 heterocycles. The van der Waals surface area contributed by atoms with Gasteiger partial charge in [-0.2, -0.15) is 0 Å². The van der Waals surface area contributed by atoms with E-state index >= 15 is 0 Å². The normalized spacial score (nSPS) is 13.2. The van der Waals surface area contributed by atoms with Crippen LogP contribution in [0.15, 0.2) is 0 Å². The second-order valence-corrected chi connectivity index (χ2v) is 3.95. The molecule has 0 saturated carbocycles. The third kappa shape index (κ3) is 31.4. The van der Waals surface area contributed by atoms with E-state index in [1.807, 2.05) is 0 Å². The molecule has 2 N–H and O–H groups in total. The maximum absolute atomic E-state index is 9.55. The van der Waals surface area contributed by atoms with Gasteiger partial charge in [-0.1, -0.05) is 0 Å². The van der Waals surface area contributed by atoms with Crippen molar-refractivity contribution in [2.75, 3.05) is 0 Å². The van der Waals surface area contributed by atoms with Crippen LogP contribution < -0.4 is 19.5 Å². The molecule has 0 bridgehead atoms. The Kier molecular flexibility index (Phi) is 24.3. The zero-order valence-corrected chi connectivity index (χ0v) is 14.5. The summed E-state index contributed by atoms with van der Waals surface area (Å²) in [6, 6.07) is 0. The van der Waals surface area contributed by atoms with Gasteiger partial charge in [0.05, 0.1) is 0 Å². The van der Waals surface area contributed by atoms with Crippen LogP contribution in [0.3, 0.4) is 0 Å². The molecule has 11 heteroatoms. The minimum absolute atomic E-state index is 0. The Morgan fingerprint density at radius 1 is 1.00 bits per heavy atom. The van der Waals surface area contributed by atoms with Crippen molar-refractivity contribution in [1.29, 1.82) is 0 Å². The van der Waals surface area contributed by atoms with Gasteiger partial charge in [-0.25, -0.2) is 4.86 Å². The van der Waals surface area contributed by atoms with E-state index in [0.29, 0.717) is 4.86 Å². The van der Waals surface area contributed by atoms with Crippen molar-refractivity contribution in [1.82, 2.24) is 4.86 Å². The van der Waals surface area contributed by atoms with Gasteiger partial charge in [-0.05, 0) is 0 Å². The molecule has 0 spiro atoms. The fraction of sp³-hybridized carbons (Fsp3) is 0. The average molecular weight is 382 g/mol. The summed E-state index contributed by atoms with van der Waals surface area (Å²) in [4.78, 5) is 36.6. The topological polar surface area (TPSA) is 136 Å². The summed E-state index contributed by atoms with van der Waals surface area (Å²) < 4.78 is 19.0. The van der Waals surface area contributed by atoms with Gasteiger partial charge in [0.25, 0.3) is 0 Å². The van der Waals surface area contributed by atoms with E-state index in [-0.39, 0.29) is 80.3 Å². The molecule has 0 aliphatic carbocycles. The second kappa shape index (κ2) is 10.7. The van der Waals surface area contributed by atoms with Gasteiger partial charge in [0.15, 0.2) is 0 Å². The number of rotatable bonds is 2. The molecule has 0 aromatic carbocycles. The fourth-order valence-electron chi connectivity index (χ4n) is 0.155. The van der Waals surface area contributed by atoms with Gasteiger partial charge < -0.3 is 24.1 Å². The monoisotopic (exact) mass is 382 g/mol. The van der Waals surface area contributed by atoms with Gasteiger partial charge >= 0.3 is 0 Å². The van der Waals surface area contributed by atoms with Crippen LogP contribution in [0, 0.1) is 14.9 Å². The SMILES string of the molecule is O=P([O-])([O-])NP(=O)([O-])O.[CH3+].[CH3+].[Y].[Y]. The molecule has 0 aromatic rings. The maximum Gasteiger partial charge on any atom is 0.205 e. The van der Waals surface area contributed by atoms with E-state index in [1.165, 1.54) is 0 Å². The first-order valence-corrected chi connectivity index (χ1v) is 4.68. The molecule has 13 heavy (non-hydrogen) atoms. The summed E-state index contributed by atoms with van der Waals surface area (Å²) >= 11 is 0. The van der Waals surface area contributed by atoms with Crippen molar-refractivity contribution in [3.8, 4) is 0 Å². The first kappa shape index (κ1) is 29.5. The zero-order valence-electron chi connectivity index (χ0n) is 7.04. The summed E-state index contributed by atoms with van der Waals surface area (Å²) in [6.07, 6.45) is 0. The molecule has 1 unspecified atom stereocenters. The molecule has 0 aromatic heterocycles. The van der Waals surface area contributed by atoms with Gasteiger partial charge in [0, 0.05) is 88.0 Å². The molecule has 74 valence electrons. The molecular weight excluding hydrogens is 374 g/mol. The van der Waals surface area contributed by atoms with Crippen molar-refractivity contribution < 1.29 is 94.1 Å². The smallest absolute Gasteiger partial charge is 0.205 e. The van der Waals surface area contributed by atoms with Crippen LogP contribution in [0.5, 0.6) is 0 Å². The van der Waals surface area contributed by atoms with Crippen molar-refractivity contribution >= 4 is 15.5 Å². The van der Waals surface area contributed by atoms with Gasteiger partial charge in [0.2, 0.25) is 7.75 Å². The van der Waals surface area contributed by atoms with E-state index in [1.54, 1.807) is 0 Å². The minimum atomic E-state index is -5.36. The molecule has 7 nitrogen and oxygen atoms in total. The molecule has 1 atom stereocenters. The van der Waals surface area contributed by atoms with Crippen LogP contribution in [0.4, 0.5) is 0 Å². The van der Waals surface area contributed by atoms with E-state index in [9.17, 15) is 23.8 Å². The zero-order chi connectivity index (χ0) is 7.71. The summed E-state index contributed by atoms with van der Waals surface area (Å²) in [6.45, 7) is 0. The first-order valence-electron chi connectivity index (χ1n) is 1.56. The van der Waals surface area contributed by atoms with Crippen molar-refractivity contribution in [2.45, 2.75) is 0 Å². The van der Waals surface area contributed by atoms with Crippen LogP contribution in [0.1, 0.15) is 0 Å². The molecule has 0 saturated heterocycles. The summed E-state index contributed by atoms with van der Waals surface area (Å²) in [5.41, 5.74) is 0. The van der Waals surface area contributed by atoms with E-state index < -0.39 is 15.5 Å². The molecule has 0 amide bonds. The van der Waals surface area contributed by atoms with Crippen LogP contribution in [-0.2, 0) is 74.5 Å². The van der Waals surface area contributed by atoms with Crippen LogP contribution in [0.2, 0.25) is 0 Å². The standard InChI is InChI=1S/2CH3.H5NO6P2.2Y/c;;2-8(3,4)1-9(5,6)7;;/h2*1H3;(H5,1,2,3,4,5,6,7);;/q2*+1;;;/p-3. The average Bonchev–Trinajstić information content (AvgIpc) is 1.14. The Labute approximate surface area is 128 Å². The number of hydrogen-bond donors (Lipinski definition) is 2. The van der Waals surface area contributed by atoms with E-state index in [0.717, 1.165) is 0 Å². The molecular formula is C2H8NO6P2Y2-.